The largest absolute Gasteiger partial charge is 0.493 e. The van der Waals surface area contributed by atoms with Gasteiger partial charge >= 0.3 is 0 Å². The number of hydrogen-bond acceptors (Lipinski definition) is 3. The van der Waals surface area contributed by atoms with Crippen LogP contribution in [-0.2, 0) is 12.5 Å². The molecular formula is C21H31F2N3O. The van der Waals surface area contributed by atoms with Gasteiger partial charge in [0.05, 0.1) is 18.5 Å². The Morgan fingerprint density at radius 1 is 1.26 bits per heavy atom. The second-order valence-electron chi connectivity index (χ2n) is 7.69. The quantitative estimate of drug-likeness (QED) is 0.596. The number of aromatic nitrogens is 2. The Bertz CT molecular complexity index is 722. The summed E-state index contributed by atoms with van der Waals surface area (Å²) < 4.78 is 33.8. The van der Waals surface area contributed by atoms with Crippen LogP contribution in [0.25, 0.3) is 11.1 Å². The highest BCUT2D eigenvalue weighted by molar-refractivity contribution is 5.68. The molecule has 2 rings (SSSR count). The van der Waals surface area contributed by atoms with E-state index in [0.717, 1.165) is 37.6 Å². The number of ether oxygens (including phenoxy) is 1. The minimum absolute atomic E-state index is 0.0507. The van der Waals surface area contributed by atoms with E-state index >= 15 is 0 Å². The summed E-state index contributed by atoms with van der Waals surface area (Å²) >= 11 is 0. The molecular weight excluding hydrogens is 348 g/mol. The van der Waals surface area contributed by atoms with Crippen LogP contribution in [-0.4, -0.2) is 35.3 Å². The summed E-state index contributed by atoms with van der Waals surface area (Å²) in [6, 6.07) is 4.78. The van der Waals surface area contributed by atoms with Crippen LogP contribution in [0.2, 0.25) is 0 Å². The van der Waals surface area contributed by atoms with E-state index in [1.165, 1.54) is 12.1 Å². The normalized spacial score (nSPS) is 12.2. The van der Waals surface area contributed by atoms with Gasteiger partial charge in [-0.05, 0) is 49.7 Å². The molecule has 1 aromatic heterocycles. The second kappa shape index (κ2) is 9.31. The van der Waals surface area contributed by atoms with Crippen molar-refractivity contribution in [2.24, 2.45) is 5.92 Å². The highest BCUT2D eigenvalue weighted by Gasteiger charge is 2.26. The fourth-order valence-electron chi connectivity index (χ4n) is 2.81. The molecule has 0 saturated heterocycles. The van der Waals surface area contributed by atoms with Crippen LogP contribution in [0.1, 0.15) is 51.8 Å². The highest BCUT2D eigenvalue weighted by Crippen LogP contribution is 2.35. The molecule has 0 amide bonds. The molecule has 0 fully saturated rings. The van der Waals surface area contributed by atoms with Gasteiger partial charge < -0.3 is 9.64 Å². The van der Waals surface area contributed by atoms with E-state index in [2.05, 4.69) is 22.0 Å². The van der Waals surface area contributed by atoms with Crippen LogP contribution in [0.15, 0.2) is 24.4 Å². The third-order valence-corrected chi connectivity index (χ3v) is 4.35. The molecule has 0 radical (unpaired) electrons. The molecule has 27 heavy (non-hydrogen) atoms. The third kappa shape index (κ3) is 6.31. The second-order valence-corrected chi connectivity index (χ2v) is 7.69. The number of nitrogens with one attached hydrogen (secondary N) is 1. The van der Waals surface area contributed by atoms with Crippen molar-refractivity contribution < 1.29 is 13.5 Å². The molecule has 1 heterocycles. The van der Waals surface area contributed by atoms with Crippen LogP contribution in [0.4, 0.5) is 8.78 Å². The molecule has 4 nitrogen and oxygen atoms in total. The molecule has 0 saturated carbocycles. The molecule has 1 N–H and O–H groups in total. The number of unbranched alkanes of at least 4 members (excludes halogenated alkanes) is 1. The Labute approximate surface area is 160 Å². The number of benzene rings is 1. The zero-order valence-electron chi connectivity index (χ0n) is 17.0. The zero-order valence-corrected chi connectivity index (χ0v) is 17.0. The average molecular weight is 379 g/mol. The summed E-state index contributed by atoms with van der Waals surface area (Å²) in [5.41, 5.74) is 2.39. The summed E-state index contributed by atoms with van der Waals surface area (Å²) in [5.74, 6) is -2.16. The van der Waals surface area contributed by atoms with Gasteiger partial charge in [0.2, 0.25) is 0 Å². The lowest BCUT2D eigenvalue weighted by molar-refractivity contribution is 0.0172. The molecule has 150 valence electrons. The van der Waals surface area contributed by atoms with Crippen molar-refractivity contribution in [3.8, 4) is 16.9 Å². The molecule has 0 aliphatic carbocycles. The predicted molar refractivity (Wildman–Crippen MR) is 105 cm³/mol. The van der Waals surface area contributed by atoms with Gasteiger partial charge in [-0.1, -0.05) is 27.2 Å². The van der Waals surface area contributed by atoms with E-state index in [4.69, 9.17) is 4.74 Å². The van der Waals surface area contributed by atoms with E-state index in [0.29, 0.717) is 30.4 Å². The van der Waals surface area contributed by atoms with Gasteiger partial charge in [0, 0.05) is 24.6 Å². The van der Waals surface area contributed by atoms with Crippen molar-refractivity contribution in [3.05, 3.63) is 35.7 Å². The van der Waals surface area contributed by atoms with Gasteiger partial charge in [0.15, 0.2) is 0 Å². The van der Waals surface area contributed by atoms with Crippen molar-refractivity contribution in [1.29, 1.82) is 0 Å². The standard InChI is InChI=1S/C21H31F2N3O/c1-6-7-8-26(5)13-20-19(12-24-25-20)16-9-17(21(4,22)23)11-18(10-16)27-14-15(2)3/h9-12,15H,6-8,13-14H2,1-5H3,(H,24,25). The summed E-state index contributed by atoms with van der Waals surface area (Å²) in [7, 11) is 2.05. The Morgan fingerprint density at radius 2 is 2.00 bits per heavy atom. The summed E-state index contributed by atoms with van der Waals surface area (Å²) in [4.78, 5) is 2.20. The monoisotopic (exact) mass is 379 g/mol. The SMILES string of the molecule is CCCCN(C)Cc1[nH]ncc1-c1cc(OCC(C)C)cc(C(C)(F)F)c1. The lowest BCUT2D eigenvalue weighted by atomic mass is 10.00. The maximum Gasteiger partial charge on any atom is 0.270 e. The summed E-state index contributed by atoms with van der Waals surface area (Å²) in [6.07, 6.45) is 3.94. The number of H-pyrrole nitrogens is 1. The van der Waals surface area contributed by atoms with Gasteiger partial charge in [0.25, 0.3) is 5.92 Å². The van der Waals surface area contributed by atoms with Gasteiger partial charge in [-0.25, -0.2) is 8.78 Å². The number of alkyl halides is 2. The van der Waals surface area contributed by atoms with Gasteiger partial charge in [-0.15, -0.1) is 0 Å². The number of rotatable bonds is 10. The minimum Gasteiger partial charge on any atom is -0.493 e. The van der Waals surface area contributed by atoms with Crippen LogP contribution in [0.3, 0.4) is 0 Å². The maximum atomic E-state index is 14.0. The average Bonchev–Trinajstić information content (AvgIpc) is 3.05. The number of halogens is 2. The van der Waals surface area contributed by atoms with Crippen molar-refractivity contribution in [1.82, 2.24) is 15.1 Å². The van der Waals surface area contributed by atoms with Crippen molar-refractivity contribution in [2.45, 2.75) is 53.0 Å². The van der Waals surface area contributed by atoms with Crippen molar-refractivity contribution in [3.63, 3.8) is 0 Å². The molecule has 0 bridgehead atoms. The molecule has 6 heteroatoms. The topological polar surface area (TPSA) is 41.2 Å². The lowest BCUT2D eigenvalue weighted by Gasteiger charge is -2.18. The Kier molecular flexibility index (Phi) is 7.36. The Hall–Kier alpha value is -1.95. The van der Waals surface area contributed by atoms with E-state index in [9.17, 15) is 8.78 Å². The van der Waals surface area contributed by atoms with Crippen LogP contribution >= 0.6 is 0 Å². The van der Waals surface area contributed by atoms with E-state index < -0.39 is 5.92 Å². The first-order valence-electron chi connectivity index (χ1n) is 9.58. The minimum atomic E-state index is -2.94. The van der Waals surface area contributed by atoms with Gasteiger partial charge in [-0.3, -0.25) is 5.10 Å². The van der Waals surface area contributed by atoms with Crippen LogP contribution in [0.5, 0.6) is 5.75 Å². The fourth-order valence-corrected chi connectivity index (χ4v) is 2.81. The number of aromatic amines is 1. The van der Waals surface area contributed by atoms with E-state index in [1.807, 2.05) is 27.0 Å². The first kappa shape index (κ1) is 21.4. The molecule has 1 aromatic carbocycles. The first-order valence-corrected chi connectivity index (χ1v) is 9.58. The highest BCUT2D eigenvalue weighted by atomic mass is 19.3. The fraction of sp³-hybridized carbons (Fsp3) is 0.571. The Balaban J connectivity index is 2.34. The maximum absolute atomic E-state index is 14.0. The molecule has 0 aliphatic rings. The van der Waals surface area contributed by atoms with Gasteiger partial charge in [0.1, 0.15) is 5.75 Å². The predicted octanol–water partition coefficient (Wildman–Crippen LogP) is 5.46. The van der Waals surface area contributed by atoms with E-state index in [-0.39, 0.29) is 5.56 Å². The number of hydrogen-bond donors (Lipinski definition) is 1. The van der Waals surface area contributed by atoms with Crippen LogP contribution in [0, 0.1) is 5.92 Å². The first-order chi connectivity index (χ1) is 12.7. The summed E-state index contributed by atoms with van der Waals surface area (Å²) in [5, 5.41) is 7.17. The molecule has 2 aromatic rings. The van der Waals surface area contributed by atoms with Gasteiger partial charge in [-0.2, -0.15) is 5.10 Å². The smallest absolute Gasteiger partial charge is 0.270 e. The zero-order chi connectivity index (χ0) is 20.0. The van der Waals surface area contributed by atoms with Crippen LogP contribution < -0.4 is 4.74 Å². The van der Waals surface area contributed by atoms with Crippen molar-refractivity contribution in [2.75, 3.05) is 20.2 Å². The Morgan fingerprint density at radius 3 is 2.63 bits per heavy atom. The summed E-state index contributed by atoms with van der Waals surface area (Å²) in [6.45, 7) is 9.27. The molecule has 0 spiro atoms. The van der Waals surface area contributed by atoms with Crippen molar-refractivity contribution >= 4 is 0 Å². The third-order valence-electron chi connectivity index (χ3n) is 4.35. The lowest BCUT2D eigenvalue weighted by Crippen LogP contribution is -2.19. The van der Waals surface area contributed by atoms with E-state index in [1.54, 1.807) is 6.20 Å². The molecule has 0 unspecified atom stereocenters. The molecule has 0 aliphatic heterocycles. The number of nitrogens with zero attached hydrogens (tertiary/aromatic N) is 2. The molecule has 0 atom stereocenters.